The van der Waals surface area contributed by atoms with Crippen LogP contribution < -0.4 is 159 Å². The van der Waals surface area contributed by atoms with Gasteiger partial charge in [-0.3, -0.25) is 24.0 Å². The van der Waals surface area contributed by atoms with Gasteiger partial charge < -0.3 is 60.9 Å². The summed E-state index contributed by atoms with van der Waals surface area (Å²) in [5.41, 5.74) is 20.5. The number of aromatic nitrogens is 4. The Labute approximate surface area is 926 Å². The molecule has 0 bridgehead atoms. The van der Waals surface area contributed by atoms with Crippen LogP contribution in [-0.2, 0) is 74.0 Å². The zero-order valence-corrected chi connectivity index (χ0v) is 93.9. The number of amides is 3. The number of H-pyrrole nitrogens is 1. The number of halogens is 2. The standard InChI is InChI=1S/C35H29FN2O3.C32H36FN5O3S2.C21H27NO4S3.C15H12O2.CH2O3.2Cs.H/c1-38(35(40)41-20-30-26-9-4-2-7-24(26)25-8-3-5-10-27(25)30)19-21-13-15-22(16-14-21)34-28-11-6-12-32(39)29-17-23(36)18-31(37-34)33(28)29;1-20(2)16-27(37-32(40)41-14-15-42-43-28-6-4-5-12-35-28)38-26-18-23(33)17-25-29(26)24(11-13-36-31(25)39)30(38)22-9-7-21(8-10-22)19-34-3;1-16(2)14-19(29(24,25)18-9-7-17(3)8-10-18)15-21(23)26-12-13-27-28-20-6-4-5-11-22-20;16-10-17-9-15-13-7-3-1-5-11(13)12-6-2-4-8-14(12)15;2-1-4-3;;;/h2-5,7-10,13-18,30,37H,6,11-12,19-20H2,1H3;4-10,12,17-18,20,27,34H,11,13-16,19H2,1-3H3,(H,36,39)(H,37,40);4-11,16,19H,12-15H2,1-3H3;1-8,10,15H,9H2;1,3H;;;/q;;;;;2*+1;-1/p-1. The third kappa shape index (κ3) is 28.3. The van der Waals surface area contributed by atoms with Gasteiger partial charge in [0, 0.05) is 96.4 Å². The molecule has 2 atom stereocenters. The Morgan fingerprint density at radius 1 is 0.610 bits per heavy atom. The number of hydrogen-bond acceptors (Lipinski definition) is 22. The van der Waals surface area contributed by atoms with Crippen molar-refractivity contribution in [2.75, 3.05) is 58.6 Å². The van der Waals surface area contributed by atoms with Gasteiger partial charge in [0.15, 0.2) is 15.6 Å². The van der Waals surface area contributed by atoms with E-state index in [4.69, 9.17) is 29.0 Å². The first-order valence-electron chi connectivity index (χ1n) is 44.1. The number of carbonyl (C=O) groups is 7. The zero-order valence-electron chi connectivity index (χ0n) is 78.2. The molecule has 0 saturated carbocycles. The number of ether oxygens (including phenoxy) is 4. The van der Waals surface area contributed by atoms with Gasteiger partial charge in [0.25, 0.3) is 18.9 Å². The molecule has 17 rings (SSSR count). The summed E-state index contributed by atoms with van der Waals surface area (Å²) in [6.45, 7) is 13.0. The number of carbonyl (C=O) groups excluding carboxylic acids is 7. The van der Waals surface area contributed by atoms with E-state index in [1.807, 2.05) is 154 Å². The molecular formula is C104H106Cs2F2N8O15S5. The molecule has 136 heavy (non-hydrogen) atoms. The largest absolute Gasteiger partial charge is 1.00 e. The van der Waals surface area contributed by atoms with Crippen molar-refractivity contribution in [3.8, 4) is 44.8 Å². The van der Waals surface area contributed by atoms with Crippen molar-refractivity contribution in [2.24, 2.45) is 11.8 Å². The van der Waals surface area contributed by atoms with Crippen LogP contribution in [0.1, 0.15) is 150 Å². The fourth-order valence-electron chi connectivity index (χ4n) is 17.2. The summed E-state index contributed by atoms with van der Waals surface area (Å²) in [6, 6.07) is 73.1. The van der Waals surface area contributed by atoms with Crippen LogP contribution in [0.3, 0.4) is 0 Å². The van der Waals surface area contributed by atoms with Crippen molar-refractivity contribution in [1.82, 2.24) is 40.4 Å². The number of alkyl carbamates (subject to hydrolysis) is 1. The van der Waals surface area contributed by atoms with Gasteiger partial charge in [-0.15, -0.1) is 0 Å². The Morgan fingerprint density at radius 3 is 1.68 bits per heavy atom. The normalized spacial score (nSPS) is 13.0. The summed E-state index contributed by atoms with van der Waals surface area (Å²) in [5, 5.41) is 20.1. The number of sulfone groups is 1. The van der Waals surface area contributed by atoms with E-state index < -0.39 is 44.9 Å². The molecule has 2 unspecified atom stereocenters. The van der Waals surface area contributed by atoms with Crippen LogP contribution in [0.25, 0.3) is 66.6 Å². The van der Waals surface area contributed by atoms with Crippen molar-refractivity contribution < 1.29 is 219 Å². The Morgan fingerprint density at radius 2 is 1.14 bits per heavy atom. The van der Waals surface area contributed by atoms with E-state index in [1.54, 1.807) is 70.2 Å². The zero-order chi connectivity index (χ0) is 94.8. The predicted octanol–water partition coefficient (Wildman–Crippen LogP) is 14.9. The summed E-state index contributed by atoms with van der Waals surface area (Å²) in [7, 11) is 6.19. The minimum atomic E-state index is -3.60. The third-order valence-corrected chi connectivity index (χ3v) is 29.7. The molecule has 23 nitrogen and oxygen atoms in total. The van der Waals surface area contributed by atoms with Crippen LogP contribution in [0, 0.1) is 30.4 Å². The second kappa shape index (κ2) is 53.3. The van der Waals surface area contributed by atoms with E-state index in [-0.39, 0.29) is 218 Å². The van der Waals surface area contributed by atoms with E-state index >= 15 is 4.39 Å². The van der Waals surface area contributed by atoms with Crippen molar-refractivity contribution in [2.45, 2.75) is 131 Å². The number of esters is 1. The number of rotatable bonds is 32. The van der Waals surface area contributed by atoms with Gasteiger partial charge in [0.1, 0.15) is 54.3 Å². The molecule has 3 amide bonds. The molecule has 32 heteroatoms. The number of aromatic amines is 1. The summed E-state index contributed by atoms with van der Waals surface area (Å²) in [4.78, 5) is 99.3. The molecule has 4 N–H and O–H groups in total. The van der Waals surface area contributed by atoms with Crippen LogP contribution in [-0.4, -0.2) is 139 Å². The first-order chi connectivity index (χ1) is 64.9. The number of nitrogens with zero attached hydrogens (tertiary/aromatic N) is 4. The smallest absolute Gasteiger partial charge is 1.00 e. The Bertz CT molecular complexity index is 6310. The minimum absolute atomic E-state index is 0. The molecule has 4 aromatic heterocycles. The van der Waals surface area contributed by atoms with Gasteiger partial charge in [-0.2, -0.15) is 0 Å². The summed E-state index contributed by atoms with van der Waals surface area (Å²) in [5.74, 6) is 0.0381. The van der Waals surface area contributed by atoms with E-state index in [0.29, 0.717) is 85.5 Å². The quantitative estimate of drug-likeness (QED) is 0.00579. The maximum Gasteiger partial charge on any atom is 1.00 e. The Hall–Kier alpha value is -8.32. The molecular weight excluding hydrogens is 2070 g/mol. The molecule has 1 aliphatic heterocycles. The maximum atomic E-state index is 15.1. The summed E-state index contributed by atoms with van der Waals surface area (Å²) >= 11 is 0. The number of Topliss-reactive ketones (excluding diaryl/α,β-unsaturated/α-hetero) is 1. The van der Waals surface area contributed by atoms with Gasteiger partial charge in [0.2, 0.25) is 0 Å². The molecule has 0 saturated heterocycles. The number of fused-ring (bicyclic) bond motifs is 6. The average Bonchev–Trinajstić information content (AvgIpc) is 1.57. The SMILES string of the molecule is CN(Cc1ccc(-c2[nH]c3cc(F)cc4c3c2CCCC4=O)cc1)C(=O)OCC1c2ccccc2-c2ccccc21.CNCc1ccc(-c2c3c4c(cc(F)cc4n2C(CC(C)C)NC(=O)OCCSSc2ccccn2)C(=O)NCC3)cc1.Cc1ccc(S(=O)(=O)C(CC(=O)OCCSSc2ccccn2)CC(C)C)cc1.O=COCC1c2ccccc2-c2ccccc21.O=CO[O-].[Cs+].[Cs+].[H-]. The Kier molecular flexibility index (Phi) is 42.4. The van der Waals surface area contributed by atoms with Crippen LogP contribution in [0.4, 0.5) is 18.4 Å². The fourth-order valence-corrected chi connectivity index (χ4v) is 22.5. The molecule has 4 aliphatic rings. The van der Waals surface area contributed by atoms with Crippen LogP contribution in [0.15, 0.2) is 258 Å². The van der Waals surface area contributed by atoms with Gasteiger partial charge in [0.05, 0.1) is 33.3 Å². The number of pyridine rings is 2. The number of hydrogen-bond donors (Lipinski definition) is 4. The molecule has 0 spiro atoms. The molecule has 5 heterocycles. The number of benzene rings is 9. The molecule has 698 valence electrons. The maximum absolute atomic E-state index is 15.1. The van der Waals surface area contributed by atoms with Crippen molar-refractivity contribution in [3.63, 3.8) is 0 Å². The van der Waals surface area contributed by atoms with Crippen molar-refractivity contribution in [1.29, 1.82) is 0 Å². The average molecular weight is 2170 g/mol. The summed E-state index contributed by atoms with van der Waals surface area (Å²) < 4.78 is 79.0. The van der Waals surface area contributed by atoms with Crippen LogP contribution in [0.5, 0.6) is 0 Å². The number of aryl methyl sites for hydroxylation is 2. The monoisotopic (exact) mass is 2170 g/mol. The Balaban J connectivity index is 0.000000192. The minimum Gasteiger partial charge on any atom is -1.00 e. The van der Waals surface area contributed by atoms with Crippen LogP contribution >= 0.6 is 43.2 Å². The van der Waals surface area contributed by atoms with Gasteiger partial charge >= 0.3 is 156 Å². The first-order valence-corrected chi connectivity index (χ1v) is 50.3. The third-order valence-electron chi connectivity index (χ3n) is 23.0. The summed E-state index contributed by atoms with van der Waals surface area (Å²) in [6.07, 6.45) is 5.36. The van der Waals surface area contributed by atoms with Gasteiger partial charge in [-0.05, 0) is 218 Å². The second-order valence-electron chi connectivity index (χ2n) is 33.2. The number of nitrogens with one attached hydrogen (secondary N) is 4. The molecule has 9 aromatic carbocycles. The van der Waals surface area contributed by atoms with Crippen LogP contribution in [0.2, 0.25) is 0 Å². The first kappa shape index (κ1) is 108. The fraction of sp³-hybridized carbons (Fsp3) is 0.279. The van der Waals surface area contributed by atoms with E-state index in [9.17, 15) is 41.6 Å². The predicted molar refractivity (Wildman–Crippen MR) is 523 cm³/mol. The van der Waals surface area contributed by atoms with Gasteiger partial charge in [-0.25, -0.2) is 36.8 Å². The van der Waals surface area contributed by atoms with E-state index in [2.05, 4.69) is 110 Å². The molecule has 0 fully saturated rings. The second-order valence-corrected chi connectivity index (χ2v) is 40.3. The topological polar surface area (TPSA) is 309 Å². The number of ketones is 1. The molecule has 0 radical (unpaired) electrons. The van der Waals surface area contributed by atoms with Crippen molar-refractivity contribution in [3.05, 3.63) is 316 Å². The molecule has 13 aromatic rings. The van der Waals surface area contributed by atoms with Crippen molar-refractivity contribution >= 4 is 118 Å². The van der Waals surface area contributed by atoms with Gasteiger partial charge in [-0.1, -0.05) is 225 Å². The molecule has 3 aliphatic carbocycles. The van der Waals surface area contributed by atoms with E-state index in [0.717, 1.165) is 90.5 Å². The van der Waals surface area contributed by atoms with E-state index in [1.165, 1.54) is 90.4 Å².